The third kappa shape index (κ3) is 5.53. The van der Waals surface area contributed by atoms with E-state index in [1.54, 1.807) is 0 Å². The first kappa shape index (κ1) is 10.1. The number of halogens is 2. The maximum absolute atomic E-state index is 3.26. The number of hydrogen-bond donors (Lipinski definition) is 0. The van der Waals surface area contributed by atoms with E-state index in [-0.39, 0.29) is 0 Å². The fourth-order valence-electron chi connectivity index (χ4n) is 0.371. The van der Waals surface area contributed by atoms with E-state index in [9.17, 15) is 0 Å². The zero-order valence-electron chi connectivity index (χ0n) is 4.38. The van der Waals surface area contributed by atoms with Crippen LogP contribution in [0.5, 0.6) is 0 Å². The van der Waals surface area contributed by atoms with Crippen LogP contribution >= 0.6 is 35.4 Å². The quantitative estimate of drug-likeness (QED) is 0.363. The monoisotopic (exact) mass is 388 g/mol. The van der Waals surface area contributed by atoms with Crippen molar-refractivity contribution in [3.8, 4) is 0 Å². The van der Waals surface area contributed by atoms with Gasteiger partial charge in [0.2, 0.25) is 0 Å². The second-order valence-electron chi connectivity index (χ2n) is 1.21. The van der Waals surface area contributed by atoms with Crippen LogP contribution in [-0.2, 0) is 15.6 Å². The van der Waals surface area contributed by atoms with E-state index in [0.29, 0.717) is 0 Å². The second kappa shape index (κ2) is 7.20. The van der Waals surface area contributed by atoms with Gasteiger partial charge in [0.25, 0.3) is 0 Å². The van der Waals surface area contributed by atoms with Crippen molar-refractivity contribution >= 4 is 35.4 Å². The van der Waals surface area contributed by atoms with E-state index in [4.69, 9.17) is 0 Å². The van der Waals surface area contributed by atoms with Gasteiger partial charge in [-0.15, -0.1) is 0 Å². The van der Waals surface area contributed by atoms with Crippen molar-refractivity contribution in [2.45, 2.75) is 0 Å². The van der Waals surface area contributed by atoms with Gasteiger partial charge in [0, 0.05) is 0 Å². The zero-order chi connectivity index (χ0) is 7.11. The molecule has 3 heteroatoms. The van der Waals surface area contributed by atoms with Crippen LogP contribution in [0.2, 0.25) is 0 Å². The van der Waals surface area contributed by atoms with Crippen LogP contribution in [-0.4, -0.2) is 0 Å². The predicted molar refractivity (Wildman–Crippen MR) is 47.0 cm³/mol. The molecule has 0 nitrogen and oxygen atoms in total. The van der Waals surface area contributed by atoms with Crippen molar-refractivity contribution in [3.05, 3.63) is 34.8 Å². The van der Waals surface area contributed by atoms with Crippen molar-refractivity contribution in [1.29, 1.82) is 0 Å². The molecule has 0 spiro atoms. The molecule has 1 aromatic rings. The number of hydrogen-bond acceptors (Lipinski definition) is 0. The van der Waals surface area contributed by atoms with Gasteiger partial charge in [-0.2, -0.15) is 30.3 Å². The van der Waals surface area contributed by atoms with Gasteiger partial charge in [0.1, 0.15) is 0 Å². The van der Waals surface area contributed by atoms with Crippen molar-refractivity contribution in [2.24, 2.45) is 0 Å². The van der Waals surface area contributed by atoms with Crippen LogP contribution in [0.3, 0.4) is 0 Å². The van der Waals surface area contributed by atoms with Crippen molar-refractivity contribution < 1.29 is 15.6 Å². The number of rotatable bonds is 0. The number of benzene rings is 1. The summed E-state index contributed by atoms with van der Waals surface area (Å²) in [7, 11) is 0. The van der Waals surface area contributed by atoms with Crippen molar-refractivity contribution in [2.75, 3.05) is 0 Å². The molecule has 0 amide bonds. The van der Waals surface area contributed by atoms with E-state index in [0.717, 1.165) is 4.47 Å². The van der Waals surface area contributed by atoms with Gasteiger partial charge in [-0.25, -0.2) is 0 Å². The predicted octanol–water partition coefficient (Wildman–Crippen LogP) is 3.13. The van der Waals surface area contributed by atoms with Gasteiger partial charge < -0.3 is 0 Å². The Morgan fingerprint density at radius 2 is 2.11 bits per heavy atom. The minimum absolute atomic E-state index is 1.01. The first-order chi connectivity index (χ1) is 4.39. The summed E-state index contributed by atoms with van der Waals surface area (Å²) in [5, 5.41) is 0. The second-order valence-corrected chi connectivity index (χ2v) is 2.06. The Kier molecular flexibility index (Phi) is 8.08. The molecule has 1 aromatic carbocycles. The fourth-order valence-corrected chi connectivity index (χ4v) is 0.656. The molecule has 0 bridgehead atoms. The molecule has 0 aliphatic carbocycles. The first-order valence-electron chi connectivity index (χ1n) is 2.14. The van der Waals surface area contributed by atoms with Gasteiger partial charge in [0.15, 0.2) is 0 Å². The molecular formula is C6H4BrIPd. The van der Waals surface area contributed by atoms with Crippen LogP contribution < -0.4 is 0 Å². The third-order valence-corrected chi connectivity index (χ3v) is 1.16. The first-order valence-corrected chi connectivity index (χ1v) is 7.55. The third-order valence-electron chi connectivity index (χ3n) is 0.671. The summed E-state index contributed by atoms with van der Waals surface area (Å²) in [6.45, 7) is 0. The van der Waals surface area contributed by atoms with E-state index in [1.807, 2.05) is 43.8 Å². The SMILES string of the molecule is Brc1[c-]cccc1.[Pd+][I]. The topological polar surface area (TPSA) is 0 Å². The summed E-state index contributed by atoms with van der Waals surface area (Å²) >= 11 is 7.98. The molecule has 0 saturated carbocycles. The summed E-state index contributed by atoms with van der Waals surface area (Å²) in [6, 6.07) is 10.7. The molecule has 0 aliphatic heterocycles. The molecule has 0 saturated heterocycles. The summed E-state index contributed by atoms with van der Waals surface area (Å²) < 4.78 is 1.01. The van der Waals surface area contributed by atoms with Gasteiger partial charge in [-0.3, -0.25) is 0 Å². The van der Waals surface area contributed by atoms with Crippen LogP contribution in [0.1, 0.15) is 0 Å². The summed E-state index contributed by atoms with van der Waals surface area (Å²) in [5.74, 6) is 0. The average molecular weight is 389 g/mol. The molecule has 0 unspecified atom stereocenters. The molecule has 0 atom stereocenters. The standard InChI is InChI=1S/C6H4Br.HI.Pd/c7-6-4-2-1-3-5-6;;/h1-4H;1H;/q-1;;+2/p-1. The Hall–Kier alpha value is 1.09. The fraction of sp³-hybridized carbons (Fsp3) is 0. The van der Waals surface area contributed by atoms with E-state index in [1.165, 1.54) is 0 Å². The molecule has 1 rings (SSSR count). The van der Waals surface area contributed by atoms with Gasteiger partial charge in [-0.1, -0.05) is 20.4 Å². The van der Waals surface area contributed by atoms with E-state index >= 15 is 0 Å². The minimum atomic E-state index is 1.01. The van der Waals surface area contributed by atoms with Crippen LogP contribution in [0.25, 0.3) is 0 Å². The van der Waals surface area contributed by atoms with Crippen LogP contribution in [0, 0.1) is 6.07 Å². The maximum atomic E-state index is 3.26. The molecule has 0 radical (unpaired) electrons. The van der Waals surface area contributed by atoms with Gasteiger partial charge in [-0.05, 0) is 0 Å². The Morgan fingerprint density at radius 3 is 2.33 bits per heavy atom. The Balaban J connectivity index is 0.000000291. The molecule has 0 heterocycles. The van der Waals surface area contributed by atoms with Crippen molar-refractivity contribution in [1.82, 2.24) is 0 Å². The summed E-state index contributed by atoms with van der Waals surface area (Å²) in [4.78, 5) is 0. The molecule has 0 aliphatic rings. The molecule has 0 N–H and O–H groups in total. The Bertz CT molecular complexity index is 143. The van der Waals surface area contributed by atoms with Crippen LogP contribution in [0.4, 0.5) is 0 Å². The molecule has 9 heavy (non-hydrogen) atoms. The van der Waals surface area contributed by atoms with Gasteiger partial charge >= 0.3 is 35.1 Å². The Labute approximate surface area is 84.9 Å². The van der Waals surface area contributed by atoms with E-state index in [2.05, 4.69) is 37.6 Å². The van der Waals surface area contributed by atoms with Crippen molar-refractivity contribution in [3.63, 3.8) is 0 Å². The molecule has 0 aromatic heterocycles. The van der Waals surface area contributed by atoms with Crippen LogP contribution in [0.15, 0.2) is 28.7 Å². The summed E-state index contributed by atoms with van der Waals surface area (Å²) in [5.41, 5.74) is 0. The summed E-state index contributed by atoms with van der Waals surface area (Å²) in [6.07, 6.45) is 0. The zero-order valence-corrected chi connectivity index (χ0v) is 9.68. The molecular weight excluding hydrogens is 385 g/mol. The average Bonchev–Trinajstić information content (AvgIpc) is 1.94. The molecule has 0 fully saturated rings. The normalized spacial score (nSPS) is 7.56. The van der Waals surface area contributed by atoms with Gasteiger partial charge in [0.05, 0.1) is 0 Å². The molecule has 52 valence electrons. The van der Waals surface area contributed by atoms with E-state index < -0.39 is 0 Å². The Morgan fingerprint density at radius 1 is 1.44 bits per heavy atom.